The van der Waals surface area contributed by atoms with Gasteiger partial charge < -0.3 is 15.4 Å². The number of anilines is 2. The summed E-state index contributed by atoms with van der Waals surface area (Å²) in [5, 5.41) is 7.12. The molecule has 1 aromatic heterocycles. The molecule has 0 aromatic carbocycles. The zero-order valence-corrected chi connectivity index (χ0v) is 12.2. The van der Waals surface area contributed by atoms with Gasteiger partial charge in [0, 0.05) is 26.8 Å². The molecular weight excluding hydrogens is 273 g/mol. The van der Waals surface area contributed by atoms with Gasteiger partial charge in [-0.05, 0) is 18.9 Å². The molecule has 0 saturated heterocycles. The Kier molecular flexibility index (Phi) is 7.16. The molecule has 6 heteroatoms. The standard InChI is InChI=1S/C12H19Cl2N3O/c1-3-6-18-7-4-5-16-12-10(14)8-9(13)11(15-2)17-12/h8H,3-7H2,1-2H3,(H2,15,16,17). The van der Waals surface area contributed by atoms with Crippen LogP contribution in [0.2, 0.25) is 10.0 Å². The molecule has 2 N–H and O–H groups in total. The second-order valence-electron chi connectivity index (χ2n) is 3.79. The van der Waals surface area contributed by atoms with Crippen LogP contribution in [-0.4, -0.2) is 31.8 Å². The number of ether oxygens (including phenoxy) is 1. The number of pyridine rings is 1. The molecular formula is C12H19Cl2N3O. The van der Waals surface area contributed by atoms with Gasteiger partial charge in [0.15, 0.2) is 0 Å². The Labute approximate surface area is 118 Å². The zero-order chi connectivity index (χ0) is 13.4. The maximum atomic E-state index is 6.05. The highest BCUT2D eigenvalue weighted by Gasteiger charge is 2.07. The van der Waals surface area contributed by atoms with Crippen molar-refractivity contribution in [3.05, 3.63) is 16.1 Å². The maximum Gasteiger partial charge on any atom is 0.147 e. The quantitative estimate of drug-likeness (QED) is 0.718. The molecule has 4 nitrogen and oxygen atoms in total. The number of halogens is 2. The molecule has 0 aliphatic carbocycles. The molecule has 1 aromatic rings. The molecule has 0 spiro atoms. The predicted octanol–water partition coefficient (Wildman–Crippen LogP) is 3.66. The van der Waals surface area contributed by atoms with Gasteiger partial charge in [-0.3, -0.25) is 0 Å². The molecule has 1 heterocycles. The van der Waals surface area contributed by atoms with E-state index in [1.54, 1.807) is 13.1 Å². The molecule has 0 saturated carbocycles. The van der Waals surface area contributed by atoms with Crippen LogP contribution in [0.15, 0.2) is 6.07 Å². The van der Waals surface area contributed by atoms with E-state index in [1.165, 1.54) is 0 Å². The van der Waals surface area contributed by atoms with Gasteiger partial charge in [0.1, 0.15) is 11.6 Å². The third kappa shape index (κ3) is 4.88. The molecule has 102 valence electrons. The number of aromatic nitrogens is 1. The first-order valence-electron chi connectivity index (χ1n) is 6.04. The van der Waals surface area contributed by atoms with E-state index in [1.807, 2.05) is 0 Å². The Morgan fingerprint density at radius 3 is 2.61 bits per heavy atom. The molecule has 0 amide bonds. The van der Waals surface area contributed by atoms with Gasteiger partial charge in [-0.15, -0.1) is 0 Å². The first-order chi connectivity index (χ1) is 8.69. The topological polar surface area (TPSA) is 46.2 Å². The Balaban J connectivity index is 2.42. The fraction of sp³-hybridized carbons (Fsp3) is 0.583. The van der Waals surface area contributed by atoms with Crippen molar-refractivity contribution in [1.29, 1.82) is 0 Å². The van der Waals surface area contributed by atoms with Crippen LogP contribution < -0.4 is 10.6 Å². The molecule has 0 aliphatic rings. The lowest BCUT2D eigenvalue weighted by Gasteiger charge is -2.10. The van der Waals surface area contributed by atoms with E-state index in [0.29, 0.717) is 21.7 Å². The normalized spacial score (nSPS) is 10.4. The summed E-state index contributed by atoms with van der Waals surface area (Å²) in [6.45, 7) is 4.41. The van der Waals surface area contributed by atoms with Crippen LogP contribution in [0.1, 0.15) is 19.8 Å². The predicted molar refractivity (Wildman–Crippen MR) is 78.0 cm³/mol. The SMILES string of the molecule is CCCOCCCNc1nc(NC)c(Cl)cc1Cl. The Bertz CT molecular complexity index is 375. The van der Waals surface area contributed by atoms with Crippen LogP contribution >= 0.6 is 23.2 Å². The van der Waals surface area contributed by atoms with E-state index in [4.69, 9.17) is 27.9 Å². The van der Waals surface area contributed by atoms with Gasteiger partial charge >= 0.3 is 0 Å². The largest absolute Gasteiger partial charge is 0.381 e. The maximum absolute atomic E-state index is 6.05. The number of rotatable bonds is 8. The van der Waals surface area contributed by atoms with E-state index >= 15 is 0 Å². The fourth-order valence-corrected chi connectivity index (χ4v) is 1.91. The fourth-order valence-electron chi connectivity index (χ4n) is 1.39. The van der Waals surface area contributed by atoms with Crippen LogP contribution in [0.3, 0.4) is 0 Å². The summed E-state index contributed by atoms with van der Waals surface area (Å²) in [6.07, 6.45) is 1.96. The molecule has 0 radical (unpaired) electrons. The monoisotopic (exact) mass is 291 g/mol. The number of hydrogen-bond acceptors (Lipinski definition) is 4. The van der Waals surface area contributed by atoms with Gasteiger partial charge in [-0.25, -0.2) is 4.98 Å². The van der Waals surface area contributed by atoms with E-state index < -0.39 is 0 Å². The van der Waals surface area contributed by atoms with Crippen molar-refractivity contribution in [3.63, 3.8) is 0 Å². The number of nitrogens with one attached hydrogen (secondary N) is 2. The van der Waals surface area contributed by atoms with Crippen LogP contribution in [0.5, 0.6) is 0 Å². The summed E-state index contributed by atoms with van der Waals surface area (Å²) < 4.78 is 5.39. The molecule has 0 bridgehead atoms. The van der Waals surface area contributed by atoms with Gasteiger partial charge in [0.2, 0.25) is 0 Å². The van der Waals surface area contributed by atoms with Crippen molar-refractivity contribution in [2.24, 2.45) is 0 Å². The average molecular weight is 292 g/mol. The second kappa shape index (κ2) is 8.40. The zero-order valence-electron chi connectivity index (χ0n) is 10.7. The van der Waals surface area contributed by atoms with Gasteiger partial charge in [0.25, 0.3) is 0 Å². The van der Waals surface area contributed by atoms with Crippen LogP contribution in [-0.2, 0) is 4.74 Å². The van der Waals surface area contributed by atoms with Crippen molar-refractivity contribution in [2.75, 3.05) is 37.4 Å². The van der Waals surface area contributed by atoms with Crippen molar-refractivity contribution in [3.8, 4) is 0 Å². The molecule has 0 unspecified atom stereocenters. The molecule has 0 aliphatic heterocycles. The van der Waals surface area contributed by atoms with Crippen molar-refractivity contribution < 1.29 is 4.74 Å². The average Bonchev–Trinajstić information content (AvgIpc) is 2.36. The lowest BCUT2D eigenvalue weighted by Crippen LogP contribution is -2.08. The molecule has 1 rings (SSSR count). The summed E-state index contributed by atoms with van der Waals surface area (Å²) in [4.78, 5) is 4.30. The summed E-state index contributed by atoms with van der Waals surface area (Å²) in [5.74, 6) is 1.26. The van der Waals surface area contributed by atoms with E-state index in [2.05, 4.69) is 22.5 Å². The van der Waals surface area contributed by atoms with Gasteiger partial charge in [-0.2, -0.15) is 0 Å². The van der Waals surface area contributed by atoms with Crippen molar-refractivity contribution >= 4 is 34.8 Å². The van der Waals surface area contributed by atoms with E-state index in [0.717, 1.165) is 32.6 Å². The third-order valence-electron chi connectivity index (χ3n) is 2.27. The van der Waals surface area contributed by atoms with Crippen LogP contribution in [0, 0.1) is 0 Å². The summed E-state index contributed by atoms with van der Waals surface area (Å²) in [7, 11) is 1.77. The Morgan fingerprint density at radius 1 is 1.22 bits per heavy atom. The summed E-state index contributed by atoms with van der Waals surface area (Å²) in [5.41, 5.74) is 0. The third-order valence-corrected chi connectivity index (χ3v) is 2.85. The Hall–Kier alpha value is -0.710. The highest BCUT2D eigenvalue weighted by molar-refractivity contribution is 6.37. The minimum Gasteiger partial charge on any atom is -0.381 e. The number of hydrogen-bond donors (Lipinski definition) is 2. The lowest BCUT2D eigenvalue weighted by atomic mass is 10.4. The summed E-state index contributed by atoms with van der Waals surface area (Å²) in [6, 6.07) is 1.68. The first-order valence-corrected chi connectivity index (χ1v) is 6.80. The molecule has 18 heavy (non-hydrogen) atoms. The van der Waals surface area contributed by atoms with E-state index in [-0.39, 0.29) is 0 Å². The van der Waals surface area contributed by atoms with Crippen molar-refractivity contribution in [2.45, 2.75) is 19.8 Å². The van der Waals surface area contributed by atoms with Crippen LogP contribution in [0.4, 0.5) is 11.6 Å². The smallest absolute Gasteiger partial charge is 0.147 e. The molecule has 0 fully saturated rings. The minimum atomic E-state index is 0.513. The first kappa shape index (κ1) is 15.3. The van der Waals surface area contributed by atoms with E-state index in [9.17, 15) is 0 Å². The lowest BCUT2D eigenvalue weighted by molar-refractivity contribution is 0.134. The highest BCUT2D eigenvalue weighted by Crippen LogP contribution is 2.28. The van der Waals surface area contributed by atoms with Gasteiger partial charge in [0.05, 0.1) is 10.0 Å². The highest BCUT2D eigenvalue weighted by atomic mass is 35.5. The minimum absolute atomic E-state index is 0.513. The summed E-state index contributed by atoms with van der Waals surface area (Å²) >= 11 is 12.0. The van der Waals surface area contributed by atoms with Crippen LogP contribution in [0.25, 0.3) is 0 Å². The number of nitrogens with zero attached hydrogens (tertiary/aromatic N) is 1. The van der Waals surface area contributed by atoms with Gasteiger partial charge in [-0.1, -0.05) is 30.1 Å². The van der Waals surface area contributed by atoms with Crippen molar-refractivity contribution in [1.82, 2.24) is 4.98 Å². The Morgan fingerprint density at radius 2 is 1.94 bits per heavy atom. The second-order valence-corrected chi connectivity index (χ2v) is 4.61. The molecule has 0 atom stereocenters.